The summed E-state index contributed by atoms with van der Waals surface area (Å²) in [4.78, 5) is 0. The molecule has 0 aromatic carbocycles. The first kappa shape index (κ1) is 9.27. The van der Waals surface area contributed by atoms with Gasteiger partial charge in [-0.05, 0) is 20.4 Å². The zero-order chi connectivity index (χ0) is 7.28. The Morgan fingerprint density at radius 3 is 2.56 bits per heavy atom. The van der Waals surface area contributed by atoms with Gasteiger partial charge in [-0.1, -0.05) is 6.92 Å². The van der Waals surface area contributed by atoms with Crippen molar-refractivity contribution in [3.05, 3.63) is 0 Å². The van der Waals surface area contributed by atoms with Crippen LogP contribution in [-0.4, -0.2) is 18.7 Å². The first-order chi connectivity index (χ1) is 4.20. The molecule has 0 bridgehead atoms. The van der Waals surface area contributed by atoms with Crippen LogP contribution < -0.4 is 5.32 Å². The topological polar surface area (TPSA) is 21.3 Å². The van der Waals surface area contributed by atoms with Crippen molar-refractivity contribution in [3.8, 4) is 0 Å². The minimum Gasteiger partial charge on any atom is -0.350 e. The van der Waals surface area contributed by atoms with Crippen LogP contribution in [-0.2, 0) is 4.74 Å². The second-order valence-electron chi connectivity index (χ2n) is 1.93. The maximum absolute atomic E-state index is 5.30. The van der Waals surface area contributed by atoms with E-state index in [2.05, 4.69) is 17.9 Å². The molecule has 0 aromatic heterocycles. The lowest BCUT2D eigenvalue weighted by molar-refractivity contribution is 0.0302. The molecule has 0 amide bonds. The number of ether oxygens (including phenoxy) is 1. The lowest BCUT2D eigenvalue weighted by atomic mass is 10.5. The average molecular weight is 149 g/mol. The zero-order valence-corrected chi connectivity index (χ0v) is 7.11. The molecule has 9 heavy (non-hydrogen) atoms. The van der Waals surface area contributed by atoms with Crippen LogP contribution in [0.5, 0.6) is 0 Å². The fourth-order valence-electron chi connectivity index (χ4n) is 0.400. The first-order valence-electron chi connectivity index (χ1n) is 3.21. The maximum atomic E-state index is 5.30. The third kappa shape index (κ3) is 4.75. The third-order valence-corrected chi connectivity index (χ3v) is 1.60. The average Bonchev–Trinajstić information content (AvgIpc) is 1.87. The van der Waals surface area contributed by atoms with Crippen molar-refractivity contribution in [2.24, 2.45) is 0 Å². The molecule has 0 aromatic rings. The van der Waals surface area contributed by atoms with Crippen molar-refractivity contribution < 1.29 is 4.74 Å². The molecule has 0 radical (unpaired) electrons. The summed E-state index contributed by atoms with van der Waals surface area (Å²) >= 11 is 4.16. The minimum absolute atomic E-state index is 0.0625. The molecule has 56 valence electrons. The monoisotopic (exact) mass is 149 g/mol. The molecule has 0 aliphatic rings. The predicted molar refractivity (Wildman–Crippen MR) is 42.7 cm³/mol. The Morgan fingerprint density at radius 2 is 2.22 bits per heavy atom. The minimum atomic E-state index is 0.0625. The van der Waals surface area contributed by atoms with Gasteiger partial charge >= 0.3 is 0 Å². The highest BCUT2D eigenvalue weighted by Gasteiger charge is 2.02. The van der Waals surface area contributed by atoms with E-state index in [0.29, 0.717) is 0 Å². The highest BCUT2D eigenvalue weighted by Crippen LogP contribution is 2.03. The number of rotatable bonds is 4. The third-order valence-electron chi connectivity index (χ3n) is 1.12. The predicted octanol–water partition coefficient (Wildman–Crippen LogP) is 1.23. The van der Waals surface area contributed by atoms with Crippen molar-refractivity contribution in [3.63, 3.8) is 0 Å². The standard InChI is InChI=1S/C6H15NOS/c1-4-6(9)8-5(2)7-3/h5-7,9H,4H2,1-3H3. The fraction of sp³-hybridized carbons (Fsp3) is 1.00. The Labute approximate surface area is 62.4 Å². The van der Waals surface area contributed by atoms with Crippen LogP contribution in [0.1, 0.15) is 20.3 Å². The molecule has 0 fully saturated rings. The van der Waals surface area contributed by atoms with Crippen molar-refractivity contribution in [1.82, 2.24) is 5.32 Å². The van der Waals surface area contributed by atoms with E-state index in [4.69, 9.17) is 4.74 Å². The van der Waals surface area contributed by atoms with E-state index in [9.17, 15) is 0 Å². The normalized spacial score (nSPS) is 17.3. The summed E-state index contributed by atoms with van der Waals surface area (Å²) in [6, 6.07) is 0. The van der Waals surface area contributed by atoms with E-state index in [0.717, 1.165) is 6.42 Å². The Kier molecular flexibility index (Phi) is 5.24. The second-order valence-corrected chi connectivity index (χ2v) is 2.51. The largest absolute Gasteiger partial charge is 0.350 e. The van der Waals surface area contributed by atoms with Crippen LogP contribution in [0.3, 0.4) is 0 Å². The Morgan fingerprint density at radius 1 is 1.67 bits per heavy atom. The van der Waals surface area contributed by atoms with Gasteiger partial charge in [-0.15, -0.1) is 12.6 Å². The molecule has 2 unspecified atom stereocenters. The molecule has 0 saturated carbocycles. The molecule has 2 nitrogen and oxygen atoms in total. The lowest BCUT2D eigenvalue weighted by Crippen LogP contribution is -2.27. The fourth-order valence-corrected chi connectivity index (χ4v) is 0.582. The van der Waals surface area contributed by atoms with E-state index in [1.165, 1.54) is 0 Å². The molecular weight excluding hydrogens is 134 g/mol. The Hall–Kier alpha value is 0.270. The van der Waals surface area contributed by atoms with Crippen LogP contribution in [0.4, 0.5) is 0 Å². The summed E-state index contributed by atoms with van der Waals surface area (Å²) in [6.45, 7) is 4.00. The van der Waals surface area contributed by atoms with E-state index < -0.39 is 0 Å². The van der Waals surface area contributed by atoms with Gasteiger partial charge in [-0.25, -0.2) is 0 Å². The number of thiol groups is 1. The summed E-state index contributed by atoms with van der Waals surface area (Å²) in [7, 11) is 1.86. The van der Waals surface area contributed by atoms with Crippen LogP contribution in [0.2, 0.25) is 0 Å². The molecule has 1 N–H and O–H groups in total. The van der Waals surface area contributed by atoms with E-state index >= 15 is 0 Å². The quantitative estimate of drug-likeness (QED) is 0.463. The first-order valence-corrected chi connectivity index (χ1v) is 3.73. The van der Waals surface area contributed by atoms with Gasteiger partial charge in [0, 0.05) is 0 Å². The second kappa shape index (κ2) is 5.09. The summed E-state index contributed by atoms with van der Waals surface area (Å²) < 4.78 is 5.30. The van der Waals surface area contributed by atoms with Crippen LogP contribution in [0.15, 0.2) is 0 Å². The molecular formula is C6H15NOS. The number of nitrogens with one attached hydrogen (secondary N) is 1. The van der Waals surface area contributed by atoms with E-state index in [-0.39, 0.29) is 11.7 Å². The summed E-state index contributed by atoms with van der Waals surface area (Å²) in [6.07, 6.45) is 1.04. The number of hydrogen-bond donors (Lipinski definition) is 2. The SMILES string of the molecule is CCC(S)OC(C)NC. The molecule has 0 aliphatic carbocycles. The summed E-state index contributed by atoms with van der Waals surface area (Å²) in [5.41, 5.74) is 0.0625. The van der Waals surface area contributed by atoms with Gasteiger partial charge in [0.25, 0.3) is 0 Å². The molecule has 0 heterocycles. The highest BCUT2D eigenvalue weighted by molar-refractivity contribution is 7.80. The molecule has 0 saturated heterocycles. The van der Waals surface area contributed by atoms with Gasteiger partial charge in [0.05, 0.1) is 0 Å². The van der Waals surface area contributed by atoms with Crippen molar-refractivity contribution >= 4 is 12.6 Å². The van der Waals surface area contributed by atoms with Gasteiger partial charge in [-0.2, -0.15) is 0 Å². The molecule has 3 heteroatoms. The highest BCUT2D eigenvalue weighted by atomic mass is 32.1. The molecule has 2 atom stereocenters. The summed E-state index contributed by atoms with van der Waals surface area (Å²) in [5.74, 6) is 0. The molecule has 0 spiro atoms. The zero-order valence-electron chi connectivity index (χ0n) is 6.22. The van der Waals surface area contributed by atoms with E-state index in [1.54, 1.807) is 0 Å². The Bertz CT molecular complexity index is 62.1. The van der Waals surface area contributed by atoms with Crippen LogP contribution in [0, 0.1) is 0 Å². The van der Waals surface area contributed by atoms with Gasteiger partial charge < -0.3 is 4.74 Å². The molecule has 0 aliphatic heterocycles. The Balaban J connectivity index is 3.22. The smallest absolute Gasteiger partial charge is 0.106 e. The maximum Gasteiger partial charge on any atom is 0.106 e. The van der Waals surface area contributed by atoms with Crippen molar-refractivity contribution in [2.75, 3.05) is 7.05 Å². The van der Waals surface area contributed by atoms with Crippen LogP contribution in [0.25, 0.3) is 0 Å². The van der Waals surface area contributed by atoms with Gasteiger partial charge in [0.2, 0.25) is 0 Å². The van der Waals surface area contributed by atoms with Gasteiger partial charge in [-0.3, -0.25) is 5.32 Å². The van der Waals surface area contributed by atoms with Crippen molar-refractivity contribution in [2.45, 2.75) is 31.9 Å². The summed E-state index contributed by atoms with van der Waals surface area (Å²) in [5, 5.41) is 2.96. The van der Waals surface area contributed by atoms with Crippen LogP contribution >= 0.6 is 12.6 Å². The lowest BCUT2D eigenvalue weighted by Gasteiger charge is -2.15. The number of hydrogen-bond acceptors (Lipinski definition) is 3. The van der Waals surface area contributed by atoms with Gasteiger partial charge in [0.1, 0.15) is 11.7 Å². The molecule has 0 rings (SSSR count). The van der Waals surface area contributed by atoms with Gasteiger partial charge in [0.15, 0.2) is 0 Å². The van der Waals surface area contributed by atoms with E-state index in [1.807, 2.05) is 20.9 Å². The van der Waals surface area contributed by atoms with Crippen molar-refractivity contribution in [1.29, 1.82) is 0 Å².